The van der Waals surface area contributed by atoms with E-state index >= 15 is 0 Å². The van der Waals surface area contributed by atoms with Gasteiger partial charge in [-0.05, 0) is 49.4 Å². The molecule has 0 aliphatic rings. The summed E-state index contributed by atoms with van der Waals surface area (Å²) < 4.78 is 1.09. The maximum absolute atomic E-state index is 6.21. The first-order valence-corrected chi connectivity index (χ1v) is 8.10. The predicted molar refractivity (Wildman–Crippen MR) is 93.5 cm³/mol. The Morgan fingerprint density at radius 1 is 1.19 bits per heavy atom. The molecule has 21 heavy (non-hydrogen) atoms. The van der Waals surface area contributed by atoms with Crippen molar-refractivity contribution in [3.05, 3.63) is 69.2 Å². The highest BCUT2D eigenvalue weighted by Gasteiger charge is 2.21. The second kappa shape index (κ2) is 7.41. The Bertz CT molecular complexity index is 584. The fraction of sp³-hybridized carbons (Fsp3) is 0.294. The van der Waals surface area contributed by atoms with E-state index < -0.39 is 0 Å². The zero-order chi connectivity index (χ0) is 15.4. The first-order chi connectivity index (χ1) is 9.97. The normalized spacial score (nSPS) is 14.2. The monoisotopic (exact) mass is 366 g/mol. The van der Waals surface area contributed by atoms with Crippen LogP contribution in [0.15, 0.2) is 53.0 Å². The zero-order valence-electron chi connectivity index (χ0n) is 12.3. The minimum atomic E-state index is 0.0309. The maximum Gasteiger partial charge on any atom is 0.0496 e. The molecule has 0 saturated heterocycles. The molecule has 2 N–H and O–H groups in total. The summed E-state index contributed by atoms with van der Waals surface area (Å²) in [5, 5.41) is 0.747. The van der Waals surface area contributed by atoms with Crippen molar-refractivity contribution in [2.24, 2.45) is 5.73 Å². The minimum absolute atomic E-state index is 0.0309. The van der Waals surface area contributed by atoms with Gasteiger partial charge >= 0.3 is 0 Å². The quantitative estimate of drug-likeness (QED) is 0.835. The number of nitrogens with two attached hydrogens (primary N) is 1. The fourth-order valence-corrected chi connectivity index (χ4v) is 3.21. The van der Waals surface area contributed by atoms with Crippen molar-refractivity contribution in [2.75, 3.05) is 7.05 Å². The third-order valence-electron chi connectivity index (χ3n) is 3.51. The largest absolute Gasteiger partial charge is 0.326 e. The second-order valence-corrected chi connectivity index (χ2v) is 6.75. The van der Waals surface area contributed by atoms with E-state index in [1.807, 2.05) is 37.3 Å². The van der Waals surface area contributed by atoms with E-state index in [0.29, 0.717) is 0 Å². The van der Waals surface area contributed by atoms with Crippen LogP contribution in [0.2, 0.25) is 5.02 Å². The average molecular weight is 368 g/mol. The lowest BCUT2D eigenvalue weighted by molar-refractivity contribution is 0.211. The van der Waals surface area contributed by atoms with Crippen molar-refractivity contribution in [3.63, 3.8) is 0 Å². The highest BCUT2D eigenvalue weighted by atomic mass is 79.9. The van der Waals surface area contributed by atoms with E-state index in [2.05, 4.69) is 46.1 Å². The van der Waals surface area contributed by atoms with Crippen LogP contribution in [-0.2, 0) is 6.54 Å². The first-order valence-electron chi connectivity index (χ1n) is 6.93. The van der Waals surface area contributed by atoms with Crippen molar-refractivity contribution in [1.29, 1.82) is 0 Å². The van der Waals surface area contributed by atoms with Gasteiger partial charge < -0.3 is 5.73 Å². The van der Waals surface area contributed by atoms with Crippen molar-refractivity contribution in [2.45, 2.75) is 25.6 Å². The molecule has 2 unspecified atom stereocenters. The molecule has 112 valence electrons. The van der Waals surface area contributed by atoms with Gasteiger partial charge in [0.2, 0.25) is 0 Å². The van der Waals surface area contributed by atoms with Crippen LogP contribution in [0.4, 0.5) is 0 Å². The maximum atomic E-state index is 6.21. The predicted octanol–water partition coefficient (Wildman–Crippen LogP) is 4.62. The fourth-order valence-electron chi connectivity index (χ4n) is 2.64. The molecule has 0 heterocycles. The highest BCUT2D eigenvalue weighted by Crippen LogP contribution is 2.25. The molecule has 2 aromatic rings. The number of nitrogens with zero attached hydrogens (tertiary/aromatic N) is 1. The van der Waals surface area contributed by atoms with E-state index in [1.54, 1.807) is 0 Å². The third kappa shape index (κ3) is 4.55. The summed E-state index contributed by atoms with van der Waals surface area (Å²) in [5.74, 6) is 0. The number of benzene rings is 2. The number of hydrogen-bond acceptors (Lipinski definition) is 2. The molecule has 2 rings (SSSR count). The molecule has 0 spiro atoms. The lowest BCUT2D eigenvalue weighted by atomic mass is 9.99. The van der Waals surface area contributed by atoms with Crippen LogP contribution in [0, 0.1) is 0 Å². The van der Waals surface area contributed by atoms with Gasteiger partial charge in [-0.2, -0.15) is 0 Å². The number of rotatable bonds is 5. The number of halogens is 2. The summed E-state index contributed by atoms with van der Waals surface area (Å²) in [5.41, 5.74) is 8.65. The van der Waals surface area contributed by atoms with Crippen LogP contribution in [0.5, 0.6) is 0 Å². The summed E-state index contributed by atoms with van der Waals surface area (Å²) >= 11 is 9.49. The van der Waals surface area contributed by atoms with Crippen LogP contribution < -0.4 is 5.73 Å². The van der Waals surface area contributed by atoms with Gasteiger partial charge in [-0.25, -0.2) is 0 Å². The van der Waals surface area contributed by atoms with Crippen LogP contribution >= 0.6 is 27.5 Å². The summed E-state index contributed by atoms with van der Waals surface area (Å²) in [6.07, 6.45) is 0. The number of hydrogen-bond donors (Lipinski definition) is 1. The van der Waals surface area contributed by atoms with Crippen molar-refractivity contribution < 1.29 is 0 Å². The smallest absolute Gasteiger partial charge is 0.0496 e. The Hall–Kier alpha value is -0.870. The molecule has 0 amide bonds. The summed E-state index contributed by atoms with van der Waals surface area (Å²) in [4.78, 5) is 2.27. The van der Waals surface area contributed by atoms with Gasteiger partial charge in [0.15, 0.2) is 0 Å². The Balaban J connectivity index is 2.19. The lowest BCUT2D eigenvalue weighted by Crippen LogP contribution is -2.36. The molecular formula is C17H20BrClN2. The molecule has 0 bridgehead atoms. The molecule has 2 aromatic carbocycles. The molecule has 0 saturated carbocycles. The van der Waals surface area contributed by atoms with E-state index in [0.717, 1.165) is 16.0 Å². The Morgan fingerprint density at radius 3 is 2.43 bits per heavy atom. The van der Waals surface area contributed by atoms with Crippen molar-refractivity contribution in [3.8, 4) is 0 Å². The molecule has 4 heteroatoms. The summed E-state index contributed by atoms with van der Waals surface area (Å²) in [7, 11) is 2.10. The first kappa shape index (κ1) is 16.5. The van der Waals surface area contributed by atoms with Gasteiger partial charge in [0.1, 0.15) is 0 Å². The Labute approximate surface area is 140 Å². The topological polar surface area (TPSA) is 29.3 Å². The summed E-state index contributed by atoms with van der Waals surface area (Å²) in [6, 6.07) is 16.5. The summed E-state index contributed by atoms with van der Waals surface area (Å²) in [6.45, 7) is 2.88. The van der Waals surface area contributed by atoms with Crippen molar-refractivity contribution >= 4 is 27.5 Å². The van der Waals surface area contributed by atoms with E-state index in [4.69, 9.17) is 17.3 Å². The number of likely N-dealkylation sites (N-methyl/N-ethyl adjacent to an activating group) is 1. The molecule has 0 fully saturated rings. The molecule has 0 aliphatic carbocycles. The van der Waals surface area contributed by atoms with E-state index in [-0.39, 0.29) is 12.1 Å². The van der Waals surface area contributed by atoms with Gasteiger partial charge in [-0.3, -0.25) is 4.90 Å². The molecular weight excluding hydrogens is 348 g/mol. The second-order valence-electron chi connectivity index (χ2n) is 5.40. The van der Waals surface area contributed by atoms with E-state index in [1.165, 1.54) is 11.1 Å². The SMILES string of the molecule is CC(N)C(c1ccc(Cl)cc1)N(C)Cc1cccc(Br)c1. The Kier molecular flexibility index (Phi) is 5.82. The molecule has 0 radical (unpaired) electrons. The molecule has 2 atom stereocenters. The average Bonchev–Trinajstić information content (AvgIpc) is 2.41. The standard InChI is InChI=1S/C17H20BrClN2/c1-12(20)17(14-6-8-16(19)9-7-14)21(2)11-13-4-3-5-15(18)10-13/h3-10,12,17H,11,20H2,1-2H3. The molecule has 2 nitrogen and oxygen atoms in total. The Morgan fingerprint density at radius 2 is 1.86 bits per heavy atom. The van der Waals surface area contributed by atoms with Crippen LogP contribution in [0.1, 0.15) is 24.1 Å². The van der Waals surface area contributed by atoms with Gasteiger partial charge in [0, 0.05) is 28.1 Å². The van der Waals surface area contributed by atoms with Gasteiger partial charge in [0.05, 0.1) is 0 Å². The zero-order valence-corrected chi connectivity index (χ0v) is 14.6. The van der Waals surface area contributed by atoms with E-state index in [9.17, 15) is 0 Å². The molecule has 0 aromatic heterocycles. The van der Waals surface area contributed by atoms with Gasteiger partial charge in [0.25, 0.3) is 0 Å². The molecule has 0 aliphatic heterocycles. The lowest BCUT2D eigenvalue weighted by Gasteiger charge is -2.31. The van der Waals surface area contributed by atoms with Gasteiger partial charge in [-0.1, -0.05) is 51.8 Å². The van der Waals surface area contributed by atoms with Crippen molar-refractivity contribution in [1.82, 2.24) is 4.90 Å². The van der Waals surface area contributed by atoms with Crippen LogP contribution in [0.3, 0.4) is 0 Å². The van der Waals surface area contributed by atoms with Gasteiger partial charge in [-0.15, -0.1) is 0 Å². The third-order valence-corrected chi connectivity index (χ3v) is 4.25. The van der Waals surface area contributed by atoms with Crippen LogP contribution in [-0.4, -0.2) is 18.0 Å². The highest BCUT2D eigenvalue weighted by molar-refractivity contribution is 9.10. The van der Waals surface area contributed by atoms with Crippen LogP contribution in [0.25, 0.3) is 0 Å². The minimum Gasteiger partial charge on any atom is -0.326 e.